The van der Waals surface area contributed by atoms with Crippen LogP contribution in [0.4, 0.5) is 13.6 Å². The molecule has 170 valence electrons. The molecule has 1 saturated heterocycles. The molecule has 9 heteroatoms. The van der Waals surface area contributed by atoms with Gasteiger partial charge in [0.2, 0.25) is 0 Å². The number of carbonyl (C=O) groups excluding carboxylic acids is 2. The zero-order valence-corrected chi connectivity index (χ0v) is 18.3. The summed E-state index contributed by atoms with van der Waals surface area (Å²) in [7, 11) is 0. The summed E-state index contributed by atoms with van der Waals surface area (Å²) < 4.78 is 34.7. The third kappa shape index (κ3) is 3.73. The molecule has 3 atom stereocenters. The zero-order chi connectivity index (χ0) is 22.8. The molecule has 2 aromatic rings. The number of benzene rings is 1. The van der Waals surface area contributed by atoms with Gasteiger partial charge in [-0.25, -0.2) is 18.3 Å². The van der Waals surface area contributed by atoms with E-state index in [-0.39, 0.29) is 29.2 Å². The largest absolute Gasteiger partial charge is 0.444 e. The number of amides is 2. The maximum Gasteiger partial charge on any atom is 0.410 e. The number of nitrogens with one attached hydrogen (secondary N) is 1. The van der Waals surface area contributed by atoms with Crippen molar-refractivity contribution in [3.8, 4) is 5.69 Å². The van der Waals surface area contributed by atoms with Crippen molar-refractivity contribution in [1.82, 2.24) is 20.0 Å². The Morgan fingerprint density at radius 1 is 1.25 bits per heavy atom. The van der Waals surface area contributed by atoms with Crippen molar-refractivity contribution in [2.75, 3.05) is 13.1 Å². The van der Waals surface area contributed by atoms with Crippen LogP contribution in [0.2, 0.25) is 0 Å². The third-order valence-corrected chi connectivity index (χ3v) is 6.29. The van der Waals surface area contributed by atoms with Crippen LogP contribution in [0.25, 0.3) is 5.69 Å². The molecule has 1 aromatic carbocycles. The molecular weight excluding hydrogens is 418 g/mol. The maximum absolute atomic E-state index is 14.5. The molecule has 5 rings (SSSR count). The Morgan fingerprint density at radius 3 is 2.75 bits per heavy atom. The molecule has 2 fully saturated rings. The number of fused-ring (bicyclic) bond motifs is 3. The second kappa shape index (κ2) is 7.28. The molecule has 3 aliphatic rings. The van der Waals surface area contributed by atoms with Gasteiger partial charge < -0.3 is 15.0 Å². The van der Waals surface area contributed by atoms with Crippen molar-refractivity contribution in [2.45, 2.75) is 57.6 Å². The number of likely N-dealkylation sites (tertiary alicyclic amines) is 1. The molecule has 0 bridgehead atoms. The van der Waals surface area contributed by atoms with Crippen LogP contribution in [0.1, 0.15) is 61.3 Å². The van der Waals surface area contributed by atoms with Crippen LogP contribution >= 0.6 is 0 Å². The van der Waals surface area contributed by atoms with Crippen molar-refractivity contribution in [1.29, 1.82) is 0 Å². The van der Waals surface area contributed by atoms with Crippen LogP contribution < -0.4 is 5.32 Å². The minimum atomic E-state index is -0.713. The lowest BCUT2D eigenvalue weighted by atomic mass is 10.1. The standard InChI is InChI=1S/C23H26F2N4O3/c1-23(2,3)32-22(31)28-7-6-14(11-28)26-21(30)19-16-9-12-8-15(12)20(16)29(27-19)18-5-4-13(24)10-17(18)25/h4-5,10,12,14-15H,6-9,11H2,1-3H3,(H,26,30)/t12-,14-,15-/m1/s1. The minimum Gasteiger partial charge on any atom is -0.444 e. The Kier molecular flexibility index (Phi) is 4.76. The molecule has 0 radical (unpaired) electrons. The average Bonchev–Trinajstić information content (AvgIpc) is 3.04. The molecule has 2 amide bonds. The summed E-state index contributed by atoms with van der Waals surface area (Å²) in [5.74, 6) is -0.987. The highest BCUT2D eigenvalue weighted by Crippen LogP contribution is 2.57. The number of nitrogens with zero attached hydrogens (tertiary/aromatic N) is 3. The minimum absolute atomic E-state index is 0.145. The third-order valence-electron chi connectivity index (χ3n) is 6.29. The van der Waals surface area contributed by atoms with Gasteiger partial charge in [0, 0.05) is 36.7 Å². The lowest BCUT2D eigenvalue weighted by molar-refractivity contribution is 0.0290. The molecule has 2 heterocycles. The Hall–Kier alpha value is -2.97. The molecule has 1 aliphatic heterocycles. The Balaban J connectivity index is 1.34. The van der Waals surface area contributed by atoms with Crippen LogP contribution in [-0.4, -0.2) is 51.4 Å². The van der Waals surface area contributed by atoms with Crippen molar-refractivity contribution in [3.63, 3.8) is 0 Å². The second-order valence-corrected chi connectivity index (χ2v) is 9.91. The summed E-state index contributed by atoms with van der Waals surface area (Å²) >= 11 is 0. The van der Waals surface area contributed by atoms with Gasteiger partial charge in [-0.3, -0.25) is 4.79 Å². The van der Waals surface area contributed by atoms with E-state index in [0.717, 1.165) is 30.2 Å². The van der Waals surface area contributed by atoms with Gasteiger partial charge >= 0.3 is 6.09 Å². The van der Waals surface area contributed by atoms with Crippen molar-refractivity contribution >= 4 is 12.0 Å². The summed E-state index contributed by atoms with van der Waals surface area (Å²) in [6, 6.07) is 3.15. The first-order chi connectivity index (χ1) is 15.1. The highest BCUT2D eigenvalue weighted by Gasteiger charge is 2.50. The van der Waals surface area contributed by atoms with Crippen molar-refractivity contribution in [2.24, 2.45) is 5.92 Å². The number of hydrogen-bond donors (Lipinski definition) is 1. The van der Waals surface area contributed by atoms with Gasteiger partial charge in [-0.2, -0.15) is 5.10 Å². The fourth-order valence-electron chi connectivity index (χ4n) is 4.76. The van der Waals surface area contributed by atoms with E-state index in [9.17, 15) is 18.4 Å². The topological polar surface area (TPSA) is 76.5 Å². The van der Waals surface area contributed by atoms with Crippen LogP contribution in [0.5, 0.6) is 0 Å². The predicted molar refractivity (Wildman–Crippen MR) is 112 cm³/mol. The van der Waals surface area contributed by atoms with Crippen LogP contribution in [-0.2, 0) is 11.2 Å². The van der Waals surface area contributed by atoms with Gasteiger partial charge in [-0.1, -0.05) is 0 Å². The fraction of sp³-hybridized carbons (Fsp3) is 0.522. The van der Waals surface area contributed by atoms with E-state index in [4.69, 9.17) is 4.74 Å². The summed E-state index contributed by atoms with van der Waals surface area (Å²) in [5, 5.41) is 7.42. The SMILES string of the molecule is CC(C)(C)OC(=O)N1CC[C@@H](NC(=O)c2nn(-c3ccc(F)cc3F)c3c2C[C@H]2C[C@@H]32)C1. The monoisotopic (exact) mass is 444 g/mol. The van der Waals surface area contributed by atoms with E-state index in [1.54, 1.807) is 4.90 Å². The van der Waals surface area contributed by atoms with Crippen LogP contribution in [0.3, 0.4) is 0 Å². The number of ether oxygens (including phenoxy) is 1. The molecule has 0 spiro atoms. The number of hydrogen-bond acceptors (Lipinski definition) is 4. The molecule has 1 N–H and O–H groups in total. The van der Waals surface area contributed by atoms with E-state index in [2.05, 4.69) is 10.4 Å². The average molecular weight is 444 g/mol. The highest BCUT2D eigenvalue weighted by atomic mass is 19.1. The first kappa shape index (κ1) is 20.9. The predicted octanol–water partition coefficient (Wildman–Crippen LogP) is 3.55. The van der Waals surface area contributed by atoms with Gasteiger partial charge in [0.15, 0.2) is 11.5 Å². The van der Waals surface area contributed by atoms with Crippen LogP contribution in [0, 0.1) is 17.6 Å². The maximum atomic E-state index is 14.5. The number of aromatic nitrogens is 2. The Morgan fingerprint density at radius 2 is 2.03 bits per heavy atom. The summed E-state index contributed by atoms with van der Waals surface area (Å²) in [4.78, 5) is 27.0. The molecule has 2 aliphatic carbocycles. The quantitative estimate of drug-likeness (QED) is 0.786. The summed E-state index contributed by atoms with van der Waals surface area (Å²) in [5.41, 5.74) is 1.54. The van der Waals surface area contributed by atoms with Crippen LogP contribution in [0.15, 0.2) is 18.2 Å². The number of rotatable bonds is 3. The lowest BCUT2D eigenvalue weighted by Gasteiger charge is -2.24. The molecule has 0 unspecified atom stereocenters. The van der Waals surface area contributed by atoms with Gasteiger partial charge in [0.05, 0.1) is 5.69 Å². The first-order valence-corrected chi connectivity index (χ1v) is 11.0. The van der Waals surface area contributed by atoms with Crippen molar-refractivity contribution in [3.05, 3.63) is 46.8 Å². The fourth-order valence-corrected chi connectivity index (χ4v) is 4.76. The summed E-state index contributed by atoms with van der Waals surface area (Å²) in [6.45, 7) is 6.29. The second-order valence-electron chi connectivity index (χ2n) is 9.91. The van der Waals surface area contributed by atoms with Gasteiger partial charge in [0.25, 0.3) is 5.91 Å². The highest BCUT2D eigenvalue weighted by molar-refractivity contribution is 5.95. The zero-order valence-electron chi connectivity index (χ0n) is 18.3. The van der Waals surface area contributed by atoms with Gasteiger partial charge in [0.1, 0.15) is 17.1 Å². The number of halogens is 2. The Bertz CT molecular complexity index is 1110. The number of carbonyl (C=O) groups is 2. The molecule has 32 heavy (non-hydrogen) atoms. The first-order valence-electron chi connectivity index (χ1n) is 11.0. The van der Waals surface area contributed by atoms with Crippen molar-refractivity contribution < 1.29 is 23.1 Å². The molecule has 1 aromatic heterocycles. The molecule has 7 nitrogen and oxygen atoms in total. The normalized spacial score (nSPS) is 23.7. The Labute approximate surface area is 184 Å². The summed E-state index contributed by atoms with van der Waals surface area (Å²) in [6.07, 6.45) is 1.95. The molecule has 1 saturated carbocycles. The van der Waals surface area contributed by atoms with Gasteiger partial charge in [-0.05, 0) is 58.1 Å². The van der Waals surface area contributed by atoms with E-state index < -0.39 is 23.3 Å². The van der Waals surface area contributed by atoms with E-state index in [0.29, 0.717) is 25.4 Å². The molecular formula is C23H26F2N4O3. The van der Waals surface area contributed by atoms with E-state index in [1.165, 1.54) is 16.8 Å². The van der Waals surface area contributed by atoms with Gasteiger partial charge in [-0.15, -0.1) is 0 Å². The lowest BCUT2D eigenvalue weighted by Crippen LogP contribution is -2.40. The van der Waals surface area contributed by atoms with E-state index in [1.807, 2.05) is 20.8 Å². The van der Waals surface area contributed by atoms with E-state index >= 15 is 0 Å². The smallest absolute Gasteiger partial charge is 0.410 e.